The second kappa shape index (κ2) is 11.4. The molecule has 0 aliphatic heterocycles. The molecule has 0 amide bonds. The van der Waals surface area contributed by atoms with Crippen molar-refractivity contribution in [3.8, 4) is 5.75 Å². The second-order valence-corrected chi connectivity index (χ2v) is 6.75. The first kappa shape index (κ1) is 23.5. The van der Waals surface area contributed by atoms with Crippen LogP contribution in [0.25, 0.3) is 0 Å². The normalized spacial score (nSPS) is 12.9. The van der Waals surface area contributed by atoms with Crippen LogP contribution in [0.4, 0.5) is 13.2 Å². The monoisotopic (exact) mass is 513 g/mol. The SMILES string of the molecule is CN=C(NCc1ccc(OCC(F)(F)F)cc1)NCC(C)c1cccs1.I. The number of hydrogen-bond acceptors (Lipinski definition) is 3. The summed E-state index contributed by atoms with van der Waals surface area (Å²) in [5, 5.41) is 8.51. The predicted octanol–water partition coefficient (Wildman–Crippen LogP) is 4.78. The van der Waals surface area contributed by atoms with Crippen LogP contribution < -0.4 is 15.4 Å². The lowest BCUT2D eigenvalue weighted by Crippen LogP contribution is -2.38. The Morgan fingerprint density at radius 1 is 1.19 bits per heavy atom. The highest BCUT2D eigenvalue weighted by atomic mass is 127. The molecule has 0 fully saturated rings. The summed E-state index contributed by atoms with van der Waals surface area (Å²) in [5.41, 5.74) is 0.915. The van der Waals surface area contributed by atoms with Gasteiger partial charge in [0.1, 0.15) is 5.75 Å². The molecule has 150 valence electrons. The molecule has 2 N–H and O–H groups in total. The van der Waals surface area contributed by atoms with E-state index < -0.39 is 12.8 Å². The molecule has 1 aromatic carbocycles. The second-order valence-electron chi connectivity index (χ2n) is 5.77. The van der Waals surface area contributed by atoms with Crippen molar-refractivity contribution in [1.82, 2.24) is 10.6 Å². The summed E-state index contributed by atoms with van der Waals surface area (Å²) in [4.78, 5) is 5.49. The lowest BCUT2D eigenvalue weighted by atomic mass is 10.1. The maximum atomic E-state index is 12.1. The third-order valence-corrected chi connectivity index (χ3v) is 4.72. The van der Waals surface area contributed by atoms with E-state index in [1.807, 2.05) is 6.07 Å². The number of rotatable bonds is 7. The number of guanidine groups is 1. The van der Waals surface area contributed by atoms with Crippen molar-refractivity contribution in [3.63, 3.8) is 0 Å². The van der Waals surface area contributed by atoms with E-state index in [0.717, 1.165) is 12.1 Å². The average molecular weight is 513 g/mol. The summed E-state index contributed by atoms with van der Waals surface area (Å²) >= 11 is 1.72. The van der Waals surface area contributed by atoms with Crippen LogP contribution >= 0.6 is 35.3 Å². The Morgan fingerprint density at radius 2 is 1.89 bits per heavy atom. The largest absolute Gasteiger partial charge is 0.484 e. The maximum Gasteiger partial charge on any atom is 0.422 e. The molecule has 0 bridgehead atoms. The van der Waals surface area contributed by atoms with Crippen LogP contribution in [0.15, 0.2) is 46.8 Å². The van der Waals surface area contributed by atoms with E-state index in [-0.39, 0.29) is 29.7 Å². The molecule has 9 heteroatoms. The number of benzene rings is 1. The molecule has 1 atom stereocenters. The van der Waals surface area contributed by atoms with E-state index in [2.05, 4.69) is 34.0 Å². The van der Waals surface area contributed by atoms with Crippen molar-refractivity contribution < 1.29 is 17.9 Å². The lowest BCUT2D eigenvalue weighted by molar-refractivity contribution is -0.153. The lowest BCUT2D eigenvalue weighted by Gasteiger charge is -2.15. The Labute approximate surface area is 178 Å². The van der Waals surface area contributed by atoms with E-state index in [1.54, 1.807) is 30.5 Å². The Bertz CT molecular complexity index is 691. The number of nitrogens with one attached hydrogen (secondary N) is 2. The summed E-state index contributed by atoms with van der Waals surface area (Å²) in [5.74, 6) is 1.24. The Kier molecular flexibility index (Phi) is 9.92. The number of halogens is 4. The van der Waals surface area contributed by atoms with E-state index in [0.29, 0.717) is 18.4 Å². The van der Waals surface area contributed by atoms with Gasteiger partial charge in [-0.2, -0.15) is 13.2 Å². The first-order valence-electron chi connectivity index (χ1n) is 8.14. The van der Waals surface area contributed by atoms with Crippen molar-refractivity contribution >= 4 is 41.3 Å². The average Bonchev–Trinajstić information content (AvgIpc) is 3.15. The zero-order valence-corrected chi connectivity index (χ0v) is 18.2. The summed E-state index contributed by atoms with van der Waals surface area (Å²) in [7, 11) is 1.69. The van der Waals surface area contributed by atoms with Gasteiger partial charge in [0.05, 0.1) is 0 Å². The number of aliphatic imine (C=N–C) groups is 1. The summed E-state index contributed by atoms with van der Waals surface area (Å²) in [6.45, 7) is 2.12. The van der Waals surface area contributed by atoms with Crippen LogP contribution in [0.5, 0.6) is 5.75 Å². The molecular formula is C18H23F3IN3OS. The van der Waals surface area contributed by atoms with Gasteiger partial charge in [0, 0.05) is 30.9 Å². The van der Waals surface area contributed by atoms with E-state index >= 15 is 0 Å². The van der Waals surface area contributed by atoms with Crippen LogP contribution in [-0.4, -0.2) is 32.3 Å². The van der Waals surface area contributed by atoms with Crippen molar-refractivity contribution in [2.45, 2.75) is 25.6 Å². The predicted molar refractivity (Wildman–Crippen MR) is 114 cm³/mol. The van der Waals surface area contributed by atoms with Crippen molar-refractivity contribution in [3.05, 3.63) is 52.2 Å². The van der Waals surface area contributed by atoms with Gasteiger partial charge in [-0.1, -0.05) is 25.1 Å². The minimum atomic E-state index is -4.33. The first-order valence-corrected chi connectivity index (χ1v) is 9.02. The molecule has 0 saturated heterocycles. The van der Waals surface area contributed by atoms with Crippen LogP contribution in [0.1, 0.15) is 23.3 Å². The van der Waals surface area contributed by atoms with E-state index in [4.69, 9.17) is 4.74 Å². The fourth-order valence-corrected chi connectivity index (χ4v) is 2.98. The van der Waals surface area contributed by atoms with Crippen LogP contribution in [0.3, 0.4) is 0 Å². The van der Waals surface area contributed by atoms with Crippen LogP contribution in [0, 0.1) is 0 Å². The highest BCUT2D eigenvalue weighted by Gasteiger charge is 2.28. The number of hydrogen-bond donors (Lipinski definition) is 2. The van der Waals surface area contributed by atoms with Gasteiger partial charge in [-0.25, -0.2) is 0 Å². The first-order chi connectivity index (χ1) is 12.4. The highest BCUT2D eigenvalue weighted by molar-refractivity contribution is 14.0. The van der Waals surface area contributed by atoms with E-state index in [9.17, 15) is 13.2 Å². The smallest absolute Gasteiger partial charge is 0.422 e. The van der Waals surface area contributed by atoms with Crippen LogP contribution in [0.2, 0.25) is 0 Å². The molecule has 0 spiro atoms. The van der Waals surface area contributed by atoms with Crippen molar-refractivity contribution in [2.75, 3.05) is 20.2 Å². The summed E-state index contributed by atoms with van der Waals surface area (Å²) in [6.07, 6.45) is -4.33. The molecule has 0 aliphatic carbocycles. The van der Waals surface area contributed by atoms with Gasteiger partial charge in [0.2, 0.25) is 0 Å². The molecule has 27 heavy (non-hydrogen) atoms. The third-order valence-electron chi connectivity index (χ3n) is 3.61. The third kappa shape index (κ3) is 8.83. The minimum absolute atomic E-state index is 0. The maximum absolute atomic E-state index is 12.1. The molecule has 0 aliphatic rings. The topological polar surface area (TPSA) is 45.7 Å². The molecule has 2 aromatic rings. The fraction of sp³-hybridized carbons (Fsp3) is 0.389. The Hall–Kier alpha value is -1.49. The van der Waals surface area contributed by atoms with Gasteiger partial charge in [-0.3, -0.25) is 4.99 Å². The summed E-state index contributed by atoms with van der Waals surface area (Å²) in [6, 6.07) is 10.6. The van der Waals surface area contributed by atoms with Crippen molar-refractivity contribution in [1.29, 1.82) is 0 Å². The molecule has 1 heterocycles. The Morgan fingerprint density at radius 3 is 2.44 bits per heavy atom. The standard InChI is InChI=1S/C18H22F3N3OS.HI/c1-13(16-4-3-9-26-16)10-23-17(22-2)24-11-14-5-7-15(8-6-14)25-12-18(19,20)21;/h3-9,13H,10-12H2,1-2H3,(H2,22,23,24);1H. The van der Waals surface area contributed by atoms with Gasteiger partial charge in [-0.15, -0.1) is 35.3 Å². The highest BCUT2D eigenvalue weighted by Crippen LogP contribution is 2.20. The van der Waals surface area contributed by atoms with Gasteiger partial charge < -0.3 is 15.4 Å². The van der Waals surface area contributed by atoms with E-state index in [1.165, 1.54) is 17.0 Å². The summed E-state index contributed by atoms with van der Waals surface area (Å²) < 4.78 is 41.1. The zero-order valence-electron chi connectivity index (χ0n) is 15.0. The number of nitrogens with zero attached hydrogens (tertiary/aromatic N) is 1. The molecular weight excluding hydrogens is 490 g/mol. The fourth-order valence-electron chi connectivity index (χ4n) is 2.20. The number of alkyl halides is 3. The molecule has 4 nitrogen and oxygen atoms in total. The van der Waals surface area contributed by atoms with Crippen LogP contribution in [-0.2, 0) is 6.54 Å². The molecule has 1 aromatic heterocycles. The van der Waals surface area contributed by atoms with Gasteiger partial charge in [0.25, 0.3) is 0 Å². The zero-order chi connectivity index (χ0) is 19.0. The molecule has 2 rings (SSSR count). The van der Waals surface area contributed by atoms with Gasteiger partial charge in [-0.05, 0) is 29.1 Å². The Balaban J connectivity index is 0.00000364. The number of ether oxygens (including phenoxy) is 1. The number of thiophene rings is 1. The molecule has 1 unspecified atom stereocenters. The minimum Gasteiger partial charge on any atom is -0.484 e. The molecule has 0 radical (unpaired) electrons. The molecule has 0 saturated carbocycles. The van der Waals surface area contributed by atoms with Crippen molar-refractivity contribution in [2.24, 2.45) is 4.99 Å². The van der Waals surface area contributed by atoms with Gasteiger partial charge in [0.15, 0.2) is 12.6 Å². The van der Waals surface area contributed by atoms with Gasteiger partial charge >= 0.3 is 6.18 Å². The quantitative estimate of drug-likeness (QED) is 0.319.